The van der Waals surface area contributed by atoms with E-state index in [9.17, 15) is 14.4 Å². The van der Waals surface area contributed by atoms with Crippen LogP contribution in [0.25, 0.3) is 0 Å². The van der Waals surface area contributed by atoms with Crippen LogP contribution in [-0.2, 0) is 9.53 Å². The predicted octanol–water partition coefficient (Wildman–Crippen LogP) is 2.64. The molecule has 1 aromatic rings. The summed E-state index contributed by atoms with van der Waals surface area (Å²) in [6.07, 6.45) is 1.50. The number of rotatable bonds is 7. The van der Waals surface area contributed by atoms with Gasteiger partial charge in [0.1, 0.15) is 12.3 Å². The molecule has 7 nitrogen and oxygen atoms in total. The van der Waals surface area contributed by atoms with Gasteiger partial charge in [0, 0.05) is 24.6 Å². The fraction of sp³-hybridized carbons (Fsp3) is 0.550. The number of Topliss-reactive ketones (excluding diaryl/α,β-unsaturated/α-hetero) is 1. The molecule has 2 rings (SSSR count). The van der Waals surface area contributed by atoms with Crippen LogP contribution in [0.15, 0.2) is 24.3 Å². The van der Waals surface area contributed by atoms with E-state index in [1.807, 2.05) is 19.9 Å². The molecule has 2 amide bonds. The first-order valence-corrected chi connectivity index (χ1v) is 9.40. The molecule has 27 heavy (non-hydrogen) atoms. The van der Waals surface area contributed by atoms with Gasteiger partial charge in [-0.25, -0.2) is 4.79 Å². The first kappa shape index (κ1) is 20.7. The standard InChI is InChI=1S/C20H28N2O5/c1-4-26-18(23)12-21-20(25)22-10-6-8-16(13-22)19(24)15-7-5-9-17(11-15)27-14(2)3/h5,7,9,11,14,16H,4,6,8,10,12-13H2,1-3H3,(H,21,25). The van der Waals surface area contributed by atoms with Crippen molar-refractivity contribution < 1.29 is 23.9 Å². The van der Waals surface area contributed by atoms with E-state index in [2.05, 4.69) is 5.32 Å². The van der Waals surface area contributed by atoms with Crippen molar-refractivity contribution in [2.45, 2.75) is 39.7 Å². The number of hydrogen-bond acceptors (Lipinski definition) is 5. The summed E-state index contributed by atoms with van der Waals surface area (Å²) in [5.41, 5.74) is 0.590. The number of esters is 1. The Morgan fingerprint density at radius 3 is 2.78 bits per heavy atom. The van der Waals surface area contributed by atoms with Gasteiger partial charge in [0.25, 0.3) is 0 Å². The van der Waals surface area contributed by atoms with Gasteiger partial charge in [0.05, 0.1) is 12.7 Å². The van der Waals surface area contributed by atoms with E-state index in [0.717, 1.165) is 12.8 Å². The van der Waals surface area contributed by atoms with Gasteiger partial charge in [-0.2, -0.15) is 0 Å². The smallest absolute Gasteiger partial charge is 0.325 e. The number of ether oxygens (including phenoxy) is 2. The van der Waals surface area contributed by atoms with Crippen LogP contribution in [-0.4, -0.2) is 55.0 Å². The number of hydrogen-bond donors (Lipinski definition) is 1. The molecular formula is C20H28N2O5. The van der Waals surface area contributed by atoms with Gasteiger partial charge in [-0.1, -0.05) is 12.1 Å². The molecule has 1 aliphatic heterocycles. The average Bonchev–Trinajstić information content (AvgIpc) is 2.65. The fourth-order valence-electron chi connectivity index (χ4n) is 3.08. The first-order valence-electron chi connectivity index (χ1n) is 9.40. The molecule has 1 unspecified atom stereocenters. The minimum atomic E-state index is -0.475. The number of carbonyl (C=O) groups is 3. The third-order valence-corrected chi connectivity index (χ3v) is 4.26. The van der Waals surface area contributed by atoms with Crippen molar-refractivity contribution in [3.63, 3.8) is 0 Å². The van der Waals surface area contributed by atoms with E-state index in [4.69, 9.17) is 9.47 Å². The van der Waals surface area contributed by atoms with Gasteiger partial charge >= 0.3 is 12.0 Å². The summed E-state index contributed by atoms with van der Waals surface area (Å²) in [5.74, 6) is -0.0679. The van der Waals surface area contributed by atoms with Gasteiger partial charge in [-0.3, -0.25) is 9.59 Å². The number of carbonyl (C=O) groups excluding carboxylic acids is 3. The second-order valence-electron chi connectivity index (χ2n) is 6.81. The van der Waals surface area contributed by atoms with Gasteiger partial charge in [0.15, 0.2) is 5.78 Å². The van der Waals surface area contributed by atoms with Crippen LogP contribution < -0.4 is 10.1 Å². The Morgan fingerprint density at radius 1 is 1.30 bits per heavy atom. The zero-order valence-corrected chi connectivity index (χ0v) is 16.2. The molecule has 0 saturated carbocycles. The number of nitrogens with zero attached hydrogens (tertiary/aromatic N) is 1. The van der Waals surface area contributed by atoms with Gasteiger partial charge in [0.2, 0.25) is 0 Å². The summed E-state index contributed by atoms with van der Waals surface area (Å²) in [7, 11) is 0. The quantitative estimate of drug-likeness (QED) is 0.584. The Labute approximate surface area is 160 Å². The van der Waals surface area contributed by atoms with Crippen LogP contribution in [0.4, 0.5) is 4.79 Å². The first-order chi connectivity index (χ1) is 12.9. The molecule has 1 fully saturated rings. The molecule has 7 heteroatoms. The third kappa shape index (κ3) is 6.27. The Morgan fingerprint density at radius 2 is 2.07 bits per heavy atom. The Hall–Kier alpha value is -2.57. The monoisotopic (exact) mass is 376 g/mol. The van der Waals surface area contributed by atoms with Crippen LogP contribution in [0.2, 0.25) is 0 Å². The summed E-state index contributed by atoms with van der Waals surface area (Å²) < 4.78 is 10.5. The molecule has 0 radical (unpaired) electrons. The van der Waals surface area contributed by atoms with Crippen LogP contribution >= 0.6 is 0 Å². The molecule has 0 bridgehead atoms. The Balaban J connectivity index is 1.95. The van der Waals surface area contributed by atoms with Crippen molar-refractivity contribution in [1.29, 1.82) is 0 Å². The van der Waals surface area contributed by atoms with Crippen molar-refractivity contribution in [2.24, 2.45) is 5.92 Å². The number of piperidine rings is 1. The molecule has 1 saturated heterocycles. The average molecular weight is 376 g/mol. The highest BCUT2D eigenvalue weighted by Crippen LogP contribution is 2.23. The van der Waals surface area contributed by atoms with E-state index >= 15 is 0 Å². The lowest BCUT2D eigenvalue weighted by Gasteiger charge is -2.32. The highest BCUT2D eigenvalue weighted by molar-refractivity contribution is 5.98. The molecule has 1 heterocycles. The summed E-state index contributed by atoms with van der Waals surface area (Å²) in [4.78, 5) is 38.1. The van der Waals surface area contributed by atoms with Gasteiger partial charge < -0.3 is 19.7 Å². The molecule has 148 valence electrons. The lowest BCUT2D eigenvalue weighted by Crippen LogP contribution is -2.48. The molecule has 1 N–H and O–H groups in total. The second-order valence-corrected chi connectivity index (χ2v) is 6.81. The Kier molecular flexibility index (Phi) is 7.64. The van der Waals surface area contributed by atoms with Crippen LogP contribution in [0, 0.1) is 5.92 Å². The summed E-state index contributed by atoms with van der Waals surface area (Å²) >= 11 is 0. The van der Waals surface area contributed by atoms with E-state index < -0.39 is 5.97 Å². The van der Waals surface area contributed by atoms with Crippen molar-refractivity contribution in [3.05, 3.63) is 29.8 Å². The Bertz CT molecular complexity index is 674. The molecule has 0 spiro atoms. The minimum absolute atomic E-state index is 0.00657. The molecular weight excluding hydrogens is 348 g/mol. The minimum Gasteiger partial charge on any atom is -0.491 e. The molecule has 1 aromatic carbocycles. The zero-order chi connectivity index (χ0) is 19.8. The normalized spacial score (nSPS) is 16.7. The SMILES string of the molecule is CCOC(=O)CNC(=O)N1CCCC(C(=O)c2cccc(OC(C)C)c2)C1. The molecule has 1 atom stereocenters. The van der Waals surface area contributed by atoms with Crippen LogP contribution in [0.5, 0.6) is 5.75 Å². The lowest BCUT2D eigenvalue weighted by atomic mass is 9.90. The van der Waals surface area contributed by atoms with Crippen molar-refractivity contribution >= 4 is 17.8 Å². The topological polar surface area (TPSA) is 84.9 Å². The van der Waals surface area contributed by atoms with Crippen molar-refractivity contribution in [1.82, 2.24) is 10.2 Å². The maximum atomic E-state index is 12.9. The number of benzene rings is 1. The molecule has 1 aliphatic rings. The van der Waals surface area contributed by atoms with Gasteiger partial charge in [-0.05, 0) is 45.7 Å². The molecule has 0 aromatic heterocycles. The maximum absolute atomic E-state index is 12.9. The second kappa shape index (κ2) is 9.94. The van der Waals surface area contributed by atoms with Crippen molar-refractivity contribution in [3.8, 4) is 5.75 Å². The molecule has 0 aliphatic carbocycles. The number of nitrogens with one attached hydrogen (secondary N) is 1. The number of amides is 2. The number of urea groups is 1. The lowest BCUT2D eigenvalue weighted by molar-refractivity contribution is -0.141. The largest absolute Gasteiger partial charge is 0.491 e. The van der Waals surface area contributed by atoms with E-state index in [0.29, 0.717) is 24.4 Å². The fourth-order valence-corrected chi connectivity index (χ4v) is 3.08. The van der Waals surface area contributed by atoms with E-state index in [1.54, 1.807) is 30.0 Å². The van der Waals surface area contributed by atoms with Crippen molar-refractivity contribution in [2.75, 3.05) is 26.2 Å². The van der Waals surface area contributed by atoms with E-state index in [1.165, 1.54) is 0 Å². The summed E-state index contributed by atoms with van der Waals surface area (Å²) in [6.45, 7) is 6.58. The number of ketones is 1. The summed E-state index contributed by atoms with van der Waals surface area (Å²) in [6, 6.07) is 6.80. The third-order valence-electron chi connectivity index (χ3n) is 4.26. The zero-order valence-electron chi connectivity index (χ0n) is 16.2. The maximum Gasteiger partial charge on any atom is 0.325 e. The number of likely N-dealkylation sites (tertiary alicyclic amines) is 1. The van der Waals surface area contributed by atoms with Crippen LogP contribution in [0.3, 0.4) is 0 Å². The van der Waals surface area contributed by atoms with Gasteiger partial charge in [-0.15, -0.1) is 0 Å². The van der Waals surface area contributed by atoms with E-state index in [-0.39, 0.29) is 37.0 Å². The summed E-state index contributed by atoms with van der Waals surface area (Å²) in [5, 5.41) is 2.55. The highest BCUT2D eigenvalue weighted by Gasteiger charge is 2.29. The van der Waals surface area contributed by atoms with Crippen LogP contribution in [0.1, 0.15) is 44.0 Å². The highest BCUT2D eigenvalue weighted by atomic mass is 16.5. The predicted molar refractivity (Wildman–Crippen MR) is 101 cm³/mol.